The summed E-state index contributed by atoms with van der Waals surface area (Å²) in [6.07, 6.45) is 3.66. The molecular weight excluding hydrogens is 561 g/mol. The first-order valence-corrected chi connectivity index (χ1v) is 14.6. The number of carboxylic acid groups (broad SMARTS) is 1. The first-order valence-electron chi connectivity index (χ1n) is 14.6. The van der Waals surface area contributed by atoms with Crippen molar-refractivity contribution in [2.75, 3.05) is 13.1 Å². The van der Waals surface area contributed by atoms with Crippen LogP contribution in [0.3, 0.4) is 0 Å². The highest BCUT2D eigenvalue weighted by molar-refractivity contribution is 5.92. The van der Waals surface area contributed by atoms with E-state index in [1.54, 1.807) is 36.4 Å². The summed E-state index contributed by atoms with van der Waals surface area (Å²) in [6, 6.07) is 17.1. The highest BCUT2D eigenvalue weighted by atomic mass is 19.1. The Kier molecular flexibility index (Phi) is 7.06. The predicted molar refractivity (Wildman–Crippen MR) is 158 cm³/mol. The van der Waals surface area contributed by atoms with E-state index in [4.69, 9.17) is 20.0 Å². The number of likely N-dealkylation sites (tertiary alicyclic amines) is 1. The van der Waals surface area contributed by atoms with Crippen LogP contribution in [0.2, 0.25) is 0 Å². The van der Waals surface area contributed by atoms with Crippen molar-refractivity contribution in [3.63, 3.8) is 0 Å². The van der Waals surface area contributed by atoms with Gasteiger partial charge in [-0.1, -0.05) is 12.1 Å². The lowest BCUT2D eigenvalue weighted by atomic mass is 10.1. The minimum atomic E-state index is -0.963. The van der Waals surface area contributed by atoms with Crippen LogP contribution < -0.4 is 4.74 Å². The Bertz CT molecular complexity index is 1910. The van der Waals surface area contributed by atoms with Crippen LogP contribution in [0, 0.1) is 29.0 Å². The molecule has 0 radical (unpaired) electrons. The van der Waals surface area contributed by atoms with Gasteiger partial charge < -0.3 is 19.0 Å². The summed E-state index contributed by atoms with van der Waals surface area (Å²) in [6.45, 7) is 5.93. The van der Waals surface area contributed by atoms with Gasteiger partial charge >= 0.3 is 5.97 Å². The monoisotopic (exact) mass is 591 g/mol. The maximum Gasteiger partial charge on any atom is 0.335 e. The number of nitrogens with zero attached hydrogens (tertiary/aromatic N) is 7. The third-order valence-corrected chi connectivity index (χ3v) is 8.81. The van der Waals surface area contributed by atoms with Gasteiger partial charge in [0.15, 0.2) is 0 Å². The number of rotatable bonds is 10. The number of fused-ring (bicyclic) bond motifs is 2. The molecular formula is C33H30FN7O3. The van der Waals surface area contributed by atoms with Gasteiger partial charge in [0.2, 0.25) is 5.88 Å². The number of piperidine rings is 1. The van der Waals surface area contributed by atoms with Gasteiger partial charge in [-0.15, -0.1) is 0 Å². The SMILES string of the molecule is CCn1cncc1Cn1c(CN2CC3C(C2)C3c2cccc(OCc3ccc(C#N)cc3F)n2)nc2ccc(C(=O)O)cc21. The largest absolute Gasteiger partial charge is 0.478 e. The second kappa shape index (κ2) is 11.2. The summed E-state index contributed by atoms with van der Waals surface area (Å²) in [7, 11) is 0. The molecule has 1 aliphatic carbocycles. The Morgan fingerprint density at radius 3 is 2.70 bits per heavy atom. The van der Waals surface area contributed by atoms with E-state index in [0.717, 1.165) is 47.9 Å². The minimum absolute atomic E-state index is 0.0350. The zero-order valence-corrected chi connectivity index (χ0v) is 24.1. The smallest absolute Gasteiger partial charge is 0.335 e. The Morgan fingerprint density at radius 2 is 1.95 bits per heavy atom. The van der Waals surface area contributed by atoms with Crippen LogP contribution in [-0.2, 0) is 26.2 Å². The minimum Gasteiger partial charge on any atom is -0.478 e. The number of benzene rings is 2. The second-order valence-corrected chi connectivity index (χ2v) is 11.4. The summed E-state index contributed by atoms with van der Waals surface area (Å²) < 4.78 is 24.3. The van der Waals surface area contributed by atoms with Crippen molar-refractivity contribution in [1.29, 1.82) is 5.26 Å². The molecule has 4 heterocycles. The average molecular weight is 592 g/mol. The fraction of sp³-hybridized carbons (Fsp3) is 0.303. The van der Waals surface area contributed by atoms with E-state index in [9.17, 15) is 14.3 Å². The highest BCUT2D eigenvalue weighted by Gasteiger charge is 2.57. The molecule has 1 aliphatic heterocycles. The molecule has 44 heavy (non-hydrogen) atoms. The van der Waals surface area contributed by atoms with Gasteiger partial charge in [0.25, 0.3) is 0 Å². The number of aryl methyl sites for hydroxylation is 1. The molecule has 1 saturated carbocycles. The number of hydrogen-bond acceptors (Lipinski definition) is 7. The molecule has 2 aliphatic rings. The molecule has 0 bridgehead atoms. The molecule has 2 aromatic carbocycles. The molecule has 2 fully saturated rings. The van der Waals surface area contributed by atoms with Crippen LogP contribution in [-0.4, -0.2) is 53.2 Å². The summed E-state index contributed by atoms with van der Waals surface area (Å²) in [5.41, 5.74) is 4.48. The van der Waals surface area contributed by atoms with Crippen molar-refractivity contribution < 1.29 is 19.0 Å². The molecule has 11 heteroatoms. The van der Waals surface area contributed by atoms with Crippen LogP contribution in [0.15, 0.2) is 67.1 Å². The Labute approximate surface area is 253 Å². The molecule has 1 N–H and O–H groups in total. The number of carboxylic acids is 1. The molecule has 222 valence electrons. The van der Waals surface area contributed by atoms with Crippen molar-refractivity contribution in [3.05, 3.63) is 107 Å². The van der Waals surface area contributed by atoms with E-state index >= 15 is 0 Å². The number of ether oxygens (including phenoxy) is 1. The lowest BCUT2D eigenvalue weighted by Crippen LogP contribution is -2.26. The van der Waals surface area contributed by atoms with E-state index in [1.807, 2.05) is 30.7 Å². The van der Waals surface area contributed by atoms with Crippen molar-refractivity contribution >= 4 is 17.0 Å². The Hall–Kier alpha value is -5.08. The van der Waals surface area contributed by atoms with Gasteiger partial charge in [0.1, 0.15) is 18.2 Å². The molecule has 1 saturated heterocycles. The van der Waals surface area contributed by atoms with Crippen LogP contribution in [0.4, 0.5) is 4.39 Å². The van der Waals surface area contributed by atoms with Crippen LogP contribution in [0.1, 0.15) is 51.5 Å². The van der Waals surface area contributed by atoms with Gasteiger partial charge in [-0.25, -0.2) is 24.1 Å². The van der Waals surface area contributed by atoms with Gasteiger partial charge in [0.05, 0.1) is 53.3 Å². The average Bonchev–Trinajstić information content (AvgIpc) is 3.35. The van der Waals surface area contributed by atoms with Crippen molar-refractivity contribution in [2.24, 2.45) is 11.8 Å². The Balaban J connectivity index is 1.04. The number of aromatic carboxylic acids is 1. The highest BCUT2D eigenvalue weighted by Crippen LogP contribution is 2.58. The lowest BCUT2D eigenvalue weighted by molar-refractivity contribution is 0.0697. The predicted octanol–water partition coefficient (Wildman–Crippen LogP) is 4.83. The molecule has 7 rings (SSSR count). The van der Waals surface area contributed by atoms with Crippen molar-refractivity contribution in [1.82, 2.24) is 29.0 Å². The fourth-order valence-electron chi connectivity index (χ4n) is 6.49. The van der Waals surface area contributed by atoms with E-state index in [1.165, 1.54) is 6.07 Å². The first kappa shape index (κ1) is 27.7. The standard InChI is InChI=1S/C33H30FN7O3/c1-2-40-19-36-13-23(40)14-41-29-11-21(33(42)43)8-9-27(29)37-30(41)17-39-15-24-25(16-39)32(24)28-4-3-5-31(38-28)44-18-22-7-6-20(12-35)10-26(22)34/h3-11,13,19,24-25,32H,2,14-18H2,1H3,(H,42,43). The van der Waals surface area contributed by atoms with Gasteiger partial charge in [-0.2, -0.15) is 5.26 Å². The van der Waals surface area contributed by atoms with Gasteiger partial charge in [-0.05, 0) is 55.2 Å². The fourth-order valence-corrected chi connectivity index (χ4v) is 6.49. The molecule has 0 amide bonds. The molecule has 5 aromatic rings. The van der Waals surface area contributed by atoms with Crippen LogP contribution in [0.5, 0.6) is 5.88 Å². The van der Waals surface area contributed by atoms with E-state index in [-0.39, 0.29) is 17.7 Å². The third kappa shape index (κ3) is 5.18. The number of pyridine rings is 1. The summed E-state index contributed by atoms with van der Waals surface area (Å²) in [4.78, 5) is 28.1. The second-order valence-electron chi connectivity index (χ2n) is 11.4. The number of halogens is 1. The van der Waals surface area contributed by atoms with Crippen LogP contribution >= 0.6 is 0 Å². The number of hydrogen-bond donors (Lipinski definition) is 1. The number of carbonyl (C=O) groups is 1. The molecule has 0 spiro atoms. The number of imidazole rings is 2. The first-order chi connectivity index (χ1) is 21.4. The topological polar surface area (TPSA) is 122 Å². The van der Waals surface area contributed by atoms with Crippen LogP contribution in [0.25, 0.3) is 11.0 Å². The van der Waals surface area contributed by atoms with Gasteiger partial charge in [0, 0.05) is 49.1 Å². The van der Waals surface area contributed by atoms with Gasteiger partial charge in [-0.3, -0.25) is 4.90 Å². The van der Waals surface area contributed by atoms with E-state index in [0.29, 0.717) is 42.3 Å². The van der Waals surface area contributed by atoms with E-state index < -0.39 is 11.8 Å². The summed E-state index contributed by atoms with van der Waals surface area (Å²) in [5.74, 6) is 1.22. The quantitative estimate of drug-likeness (QED) is 0.245. The zero-order chi connectivity index (χ0) is 30.4. The molecule has 2 atom stereocenters. The maximum atomic E-state index is 14.3. The molecule has 10 nitrogen and oxygen atoms in total. The van der Waals surface area contributed by atoms with Crippen molar-refractivity contribution in [3.8, 4) is 11.9 Å². The molecule has 2 unspecified atom stereocenters. The number of aromatic nitrogens is 5. The van der Waals surface area contributed by atoms with E-state index in [2.05, 4.69) is 25.9 Å². The summed E-state index contributed by atoms with van der Waals surface area (Å²) >= 11 is 0. The maximum absolute atomic E-state index is 14.3. The lowest BCUT2D eigenvalue weighted by Gasteiger charge is -2.20. The Morgan fingerprint density at radius 1 is 1.11 bits per heavy atom. The zero-order valence-electron chi connectivity index (χ0n) is 24.1. The molecule has 3 aromatic heterocycles. The normalized spacial score (nSPS) is 19.2. The third-order valence-electron chi connectivity index (χ3n) is 8.81. The number of nitriles is 1. The van der Waals surface area contributed by atoms with Crippen molar-refractivity contribution in [2.45, 2.75) is 39.1 Å². The summed E-state index contributed by atoms with van der Waals surface area (Å²) in [5, 5.41) is 18.6.